The molecule has 0 radical (unpaired) electrons. The Labute approximate surface area is 179 Å². The largest absolute Gasteiger partial charge is 0.351 e. The van der Waals surface area contributed by atoms with E-state index in [1.807, 2.05) is 56.8 Å². The van der Waals surface area contributed by atoms with E-state index in [-0.39, 0.29) is 11.8 Å². The minimum atomic E-state index is -0.0263. The van der Waals surface area contributed by atoms with Crippen LogP contribution in [0.5, 0.6) is 0 Å². The minimum absolute atomic E-state index is 0.0263. The van der Waals surface area contributed by atoms with Gasteiger partial charge in [0.25, 0.3) is 11.8 Å². The van der Waals surface area contributed by atoms with Gasteiger partial charge in [-0.15, -0.1) is 0 Å². The van der Waals surface area contributed by atoms with E-state index in [1.165, 1.54) is 11.3 Å². The highest BCUT2D eigenvalue weighted by Gasteiger charge is 2.22. The number of nitrogens with zero attached hydrogens (tertiary/aromatic N) is 4. The highest BCUT2D eigenvalue weighted by Crippen LogP contribution is 2.11. The molecular weight excluding hydrogens is 398 g/mol. The van der Waals surface area contributed by atoms with E-state index in [0.29, 0.717) is 25.2 Å². The Morgan fingerprint density at radius 3 is 2.50 bits per heavy atom. The fourth-order valence-corrected chi connectivity index (χ4v) is 4.16. The molecule has 0 saturated carbocycles. The van der Waals surface area contributed by atoms with Crippen LogP contribution in [0.15, 0.2) is 59.8 Å². The molecule has 8 heteroatoms. The number of amides is 2. The fourth-order valence-electron chi connectivity index (χ4n) is 3.52. The van der Waals surface area contributed by atoms with Crippen molar-refractivity contribution in [2.75, 3.05) is 39.3 Å². The van der Waals surface area contributed by atoms with E-state index in [2.05, 4.69) is 15.2 Å². The van der Waals surface area contributed by atoms with E-state index in [9.17, 15) is 9.59 Å². The predicted molar refractivity (Wildman–Crippen MR) is 117 cm³/mol. The lowest BCUT2D eigenvalue weighted by molar-refractivity contribution is 0.0638. The first kappa shape index (κ1) is 20.3. The summed E-state index contributed by atoms with van der Waals surface area (Å²) in [6.45, 7) is 5.19. The molecule has 0 atom stereocenters. The van der Waals surface area contributed by atoms with E-state index < -0.39 is 0 Å². The molecule has 0 unspecified atom stereocenters. The van der Waals surface area contributed by atoms with Crippen molar-refractivity contribution in [2.45, 2.75) is 6.54 Å². The first-order valence-electron chi connectivity index (χ1n) is 10.1. The summed E-state index contributed by atoms with van der Waals surface area (Å²) < 4.78 is 2.00. The summed E-state index contributed by atoms with van der Waals surface area (Å²) in [5.41, 5.74) is 2.58. The Morgan fingerprint density at radius 2 is 1.83 bits per heavy atom. The summed E-state index contributed by atoms with van der Waals surface area (Å²) >= 11 is 1.52. The number of rotatable bonds is 7. The standard InChI is InChI=1S/C22H25N5O2S/c28-21(20-5-14-30-16-20)24-7-9-25-10-12-27(13-11-25)22(29)19-3-1-18(2-4-19)15-26-8-6-23-17-26/h1-6,8,14,16-17H,7,9-13,15H2,(H,24,28). The van der Waals surface area contributed by atoms with E-state index >= 15 is 0 Å². The molecule has 1 aliphatic heterocycles. The molecule has 4 rings (SSSR count). The van der Waals surface area contributed by atoms with Crippen molar-refractivity contribution in [1.82, 2.24) is 24.7 Å². The molecule has 7 nitrogen and oxygen atoms in total. The number of piperazine rings is 1. The number of carbonyl (C=O) groups excluding carboxylic acids is 2. The van der Waals surface area contributed by atoms with Crippen LogP contribution in [0.25, 0.3) is 0 Å². The van der Waals surface area contributed by atoms with Crippen LogP contribution in [0.2, 0.25) is 0 Å². The second-order valence-electron chi connectivity index (χ2n) is 7.33. The first-order valence-corrected chi connectivity index (χ1v) is 11.0. The molecule has 3 aromatic rings. The topological polar surface area (TPSA) is 70.5 Å². The third-order valence-corrected chi connectivity index (χ3v) is 5.96. The van der Waals surface area contributed by atoms with E-state index in [4.69, 9.17) is 0 Å². The van der Waals surface area contributed by atoms with E-state index in [1.54, 1.807) is 12.5 Å². The van der Waals surface area contributed by atoms with Gasteiger partial charge in [-0.3, -0.25) is 14.5 Å². The van der Waals surface area contributed by atoms with Crippen LogP contribution in [0.3, 0.4) is 0 Å². The number of nitrogens with one attached hydrogen (secondary N) is 1. The molecule has 156 valence electrons. The Kier molecular flexibility index (Phi) is 6.56. The average molecular weight is 424 g/mol. The minimum Gasteiger partial charge on any atom is -0.351 e. The zero-order chi connectivity index (χ0) is 20.8. The number of thiophene rings is 1. The third-order valence-electron chi connectivity index (χ3n) is 5.28. The van der Waals surface area contributed by atoms with Gasteiger partial charge in [-0.1, -0.05) is 12.1 Å². The fraction of sp³-hybridized carbons (Fsp3) is 0.318. The molecule has 0 bridgehead atoms. The highest BCUT2D eigenvalue weighted by molar-refractivity contribution is 7.08. The van der Waals surface area contributed by atoms with Crippen LogP contribution in [-0.4, -0.2) is 70.4 Å². The normalized spacial score (nSPS) is 14.6. The number of imidazole rings is 1. The van der Waals surface area contributed by atoms with Crippen LogP contribution in [0.1, 0.15) is 26.3 Å². The third kappa shape index (κ3) is 5.14. The van der Waals surface area contributed by atoms with Gasteiger partial charge in [0, 0.05) is 74.7 Å². The Morgan fingerprint density at radius 1 is 1.03 bits per heavy atom. The van der Waals surface area contributed by atoms with Crippen LogP contribution < -0.4 is 5.32 Å². The molecule has 3 heterocycles. The van der Waals surface area contributed by atoms with Crippen molar-refractivity contribution < 1.29 is 9.59 Å². The molecule has 0 aliphatic carbocycles. The number of benzene rings is 1. The molecule has 30 heavy (non-hydrogen) atoms. The second-order valence-corrected chi connectivity index (χ2v) is 8.11. The second kappa shape index (κ2) is 9.69. The lowest BCUT2D eigenvalue weighted by Gasteiger charge is -2.34. The van der Waals surface area contributed by atoms with Crippen molar-refractivity contribution in [2.24, 2.45) is 0 Å². The summed E-state index contributed by atoms with van der Waals surface area (Å²) in [6, 6.07) is 9.63. The number of hydrogen-bond acceptors (Lipinski definition) is 5. The van der Waals surface area contributed by atoms with Gasteiger partial charge >= 0.3 is 0 Å². The summed E-state index contributed by atoms with van der Waals surface area (Å²) in [7, 11) is 0. The molecule has 1 saturated heterocycles. The zero-order valence-electron chi connectivity index (χ0n) is 16.7. The van der Waals surface area contributed by atoms with Gasteiger partial charge in [-0.05, 0) is 29.1 Å². The van der Waals surface area contributed by atoms with Crippen LogP contribution in [-0.2, 0) is 6.54 Å². The Bertz CT molecular complexity index is 946. The molecule has 1 fully saturated rings. The number of aromatic nitrogens is 2. The maximum absolute atomic E-state index is 12.8. The van der Waals surface area contributed by atoms with Gasteiger partial charge in [0.15, 0.2) is 0 Å². The van der Waals surface area contributed by atoms with Gasteiger partial charge < -0.3 is 14.8 Å². The Hall–Kier alpha value is -2.97. The summed E-state index contributed by atoms with van der Waals surface area (Å²) in [4.78, 5) is 33.0. The van der Waals surface area contributed by atoms with Gasteiger partial charge in [0.1, 0.15) is 0 Å². The molecular formula is C22H25N5O2S. The van der Waals surface area contributed by atoms with Crippen molar-refractivity contribution in [3.8, 4) is 0 Å². The summed E-state index contributed by atoms with van der Waals surface area (Å²) in [5, 5.41) is 6.71. The van der Waals surface area contributed by atoms with Crippen molar-refractivity contribution in [3.63, 3.8) is 0 Å². The lowest BCUT2D eigenvalue weighted by Crippen LogP contribution is -2.50. The van der Waals surface area contributed by atoms with Crippen LogP contribution in [0, 0.1) is 0 Å². The molecule has 1 aromatic carbocycles. The molecule has 2 aromatic heterocycles. The molecule has 1 N–H and O–H groups in total. The van der Waals surface area contributed by atoms with Gasteiger partial charge in [0.05, 0.1) is 6.33 Å². The quantitative estimate of drug-likeness (QED) is 0.632. The maximum Gasteiger partial charge on any atom is 0.253 e. The summed E-state index contributed by atoms with van der Waals surface area (Å²) in [6.07, 6.45) is 5.47. The van der Waals surface area contributed by atoms with Crippen molar-refractivity contribution >= 4 is 23.2 Å². The molecule has 0 spiro atoms. The van der Waals surface area contributed by atoms with Crippen LogP contribution in [0.4, 0.5) is 0 Å². The maximum atomic E-state index is 12.8. The van der Waals surface area contributed by atoms with Gasteiger partial charge in [-0.2, -0.15) is 11.3 Å². The van der Waals surface area contributed by atoms with E-state index in [0.717, 1.165) is 37.3 Å². The average Bonchev–Trinajstić information content (AvgIpc) is 3.49. The lowest BCUT2D eigenvalue weighted by atomic mass is 10.1. The van der Waals surface area contributed by atoms with Gasteiger partial charge in [-0.25, -0.2) is 4.98 Å². The summed E-state index contributed by atoms with van der Waals surface area (Å²) in [5.74, 6) is 0.0520. The van der Waals surface area contributed by atoms with Crippen molar-refractivity contribution in [1.29, 1.82) is 0 Å². The van der Waals surface area contributed by atoms with Crippen molar-refractivity contribution in [3.05, 3.63) is 76.5 Å². The number of carbonyl (C=O) groups is 2. The Balaban J connectivity index is 1.20. The predicted octanol–water partition coefficient (Wildman–Crippen LogP) is 2.18. The van der Waals surface area contributed by atoms with Gasteiger partial charge in [0.2, 0.25) is 0 Å². The monoisotopic (exact) mass is 423 g/mol. The molecule has 1 aliphatic rings. The van der Waals surface area contributed by atoms with Crippen LogP contribution >= 0.6 is 11.3 Å². The zero-order valence-corrected chi connectivity index (χ0v) is 17.6. The molecule has 2 amide bonds. The highest BCUT2D eigenvalue weighted by atomic mass is 32.1. The number of hydrogen-bond donors (Lipinski definition) is 1. The smallest absolute Gasteiger partial charge is 0.253 e. The SMILES string of the molecule is O=C(NCCN1CCN(C(=O)c2ccc(Cn3ccnc3)cc2)CC1)c1ccsc1. The first-order chi connectivity index (χ1) is 14.7.